The van der Waals surface area contributed by atoms with Crippen LogP contribution in [0.25, 0.3) is 22.5 Å². The van der Waals surface area contributed by atoms with Gasteiger partial charge in [-0.1, -0.05) is 12.1 Å². The summed E-state index contributed by atoms with van der Waals surface area (Å²) < 4.78 is 27.1. The van der Waals surface area contributed by atoms with E-state index in [0.29, 0.717) is 34.1 Å². The van der Waals surface area contributed by atoms with Crippen molar-refractivity contribution in [1.82, 2.24) is 19.1 Å². The highest BCUT2D eigenvalue weighted by Gasteiger charge is 2.29. The summed E-state index contributed by atoms with van der Waals surface area (Å²) in [6, 6.07) is 19.4. The van der Waals surface area contributed by atoms with E-state index in [0.717, 1.165) is 0 Å². The molecule has 0 aliphatic heterocycles. The molecule has 2 N–H and O–H groups in total. The van der Waals surface area contributed by atoms with Crippen LogP contribution in [0, 0.1) is 5.82 Å². The summed E-state index contributed by atoms with van der Waals surface area (Å²) in [7, 11) is 1.32. The van der Waals surface area contributed by atoms with Gasteiger partial charge >= 0.3 is 11.8 Å². The van der Waals surface area contributed by atoms with Gasteiger partial charge in [0.15, 0.2) is 11.5 Å². The molecule has 0 atom stereocenters. The molecule has 0 saturated heterocycles. The number of imidazole rings is 1. The second-order valence-corrected chi connectivity index (χ2v) is 9.93. The minimum Gasteiger partial charge on any atom is -0.457 e. The Balaban J connectivity index is 1.62. The Bertz CT molecular complexity index is 1770. The van der Waals surface area contributed by atoms with Crippen molar-refractivity contribution in [2.45, 2.75) is 26.3 Å². The van der Waals surface area contributed by atoms with Crippen LogP contribution in [0.5, 0.6) is 11.5 Å². The molecule has 40 heavy (non-hydrogen) atoms. The lowest BCUT2D eigenvalue weighted by Gasteiger charge is -2.34. The summed E-state index contributed by atoms with van der Waals surface area (Å²) in [5.41, 5.74) is 7.28. The van der Waals surface area contributed by atoms with Crippen LogP contribution in [0.3, 0.4) is 0 Å². The third-order valence-electron chi connectivity index (χ3n) is 6.15. The van der Waals surface area contributed by atoms with Gasteiger partial charge in [0.2, 0.25) is 0 Å². The van der Waals surface area contributed by atoms with Crippen molar-refractivity contribution in [2.24, 2.45) is 0 Å². The second-order valence-electron chi connectivity index (χ2n) is 9.93. The van der Waals surface area contributed by atoms with Gasteiger partial charge in [-0.2, -0.15) is 0 Å². The Morgan fingerprint density at radius 2 is 1.65 bits per heavy atom. The largest absolute Gasteiger partial charge is 0.457 e. The number of hydrogen-bond donors (Lipinski definition) is 1. The van der Waals surface area contributed by atoms with Gasteiger partial charge < -0.3 is 15.2 Å². The van der Waals surface area contributed by atoms with Gasteiger partial charge in [-0.3, -0.25) is 9.47 Å². The molecule has 5 aromatic rings. The summed E-state index contributed by atoms with van der Waals surface area (Å²) in [5.74, 6) is 0.497. The van der Waals surface area contributed by atoms with Crippen LogP contribution in [0.2, 0.25) is 0 Å². The van der Waals surface area contributed by atoms with E-state index in [1.807, 2.05) is 20.8 Å². The van der Waals surface area contributed by atoms with Crippen LogP contribution in [0.15, 0.2) is 83.9 Å². The molecular weight excluding hydrogens is 515 g/mol. The van der Waals surface area contributed by atoms with Gasteiger partial charge in [-0.25, -0.2) is 28.5 Å². The SMILES string of the molecule is COC(=O)N(c1cccc(-n2c(=O)n(-c3ccc(Oc4cccc(F)c4)cc3)c3c(N)ncnc32)c1)C(C)(C)C. The smallest absolute Gasteiger partial charge is 0.414 e. The molecule has 2 heterocycles. The van der Waals surface area contributed by atoms with Crippen molar-refractivity contribution in [3.63, 3.8) is 0 Å². The van der Waals surface area contributed by atoms with E-state index in [-0.39, 0.29) is 11.5 Å². The number of ether oxygens (including phenoxy) is 2. The number of aromatic nitrogens is 4. The predicted molar refractivity (Wildman–Crippen MR) is 150 cm³/mol. The maximum Gasteiger partial charge on any atom is 0.414 e. The van der Waals surface area contributed by atoms with Crippen LogP contribution in [0.1, 0.15) is 20.8 Å². The number of halogens is 1. The van der Waals surface area contributed by atoms with Crippen LogP contribution in [0.4, 0.5) is 20.7 Å². The molecule has 0 spiro atoms. The number of nitrogens with zero attached hydrogens (tertiary/aromatic N) is 5. The lowest BCUT2D eigenvalue weighted by molar-refractivity contribution is 0.172. The molecule has 11 heteroatoms. The Kier molecular flexibility index (Phi) is 6.72. The zero-order valence-electron chi connectivity index (χ0n) is 22.3. The first-order valence-electron chi connectivity index (χ1n) is 12.3. The fourth-order valence-electron chi connectivity index (χ4n) is 4.48. The average Bonchev–Trinajstić information content (AvgIpc) is 3.21. The zero-order valence-corrected chi connectivity index (χ0v) is 22.3. The molecule has 0 radical (unpaired) electrons. The average molecular weight is 543 g/mol. The fraction of sp³-hybridized carbons (Fsp3) is 0.172. The van der Waals surface area contributed by atoms with E-state index in [2.05, 4.69) is 9.97 Å². The Morgan fingerprint density at radius 1 is 0.925 bits per heavy atom. The monoisotopic (exact) mass is 542 g/mol. The number of hydrogen-bond acceptors (Lipinski definition) is 7. The van der Waals surface area contributed by atoms with Crippen molar-refractivity contribution in [3.05, 3.63) is 95.4 Å². The zero-order chi connectivity index (χ0) is 28.6. The first-order chi connectivity index (χ1) is 19.1. The molecule has 204 valence electrons. The van der Waals surface area contributed by atoms with Crippen molar-refractivity contribution in [2.75, 3.05) is 17.7 Å². The Labute approximate surface area is 229 Å². The normalized spacial score (nSPS) is 11.4. The summed E-state index contributed by atoms with van der Waals surface area (Å²) in [5, 5.41) is 0. The molecule has 10 nitrogen and oxygen atoms in total. The number of methoxy groups -OCH3 is 1. The van der Waals surface area contributed by atoms with E-state index >= 15 is 0 Å². The molecule has 0 fully saturated rings. The van der Waals surface area contributed by atoms with E-state index in [1.165, 1.54) is 39.6 Å². The predicted octanol–water partition coefficient (Wildman–Crippen LogP) is 5.46. The van der Waals surface area contributed by atoms with Crippen LogP contribution < -0.4 is 21.1 Å². The molecule has 2 aromatic heterocycles. The molecule has 1 amide bonds. The number of carbonyl (C=O) groups excluding carboxylic acids is 1. The second kappa shape index (κ2) is 10.2. The first-order valence-corrected chi connectivity index (χ1v) is 12.3. The van der Waals surface area contributed by atoms with Gasteiger partial charge in [0.1, 0.15) is 29.2 Å². The molecule has 0 bridgehead atoms. The number of nitrogens with two attached hydrogens (primary N) is 1. The van der Waals surface area contributed by atoms with E-state index in [9.17, 15) is 14.0 Å². The van der Waals surface area contributed by atoms with Gasteiger partial charge in [0.25, 0.3) is 0 Å². The van der Waals surface area contributed by atoms with Crippen LogP contribution in [-0.2, 0) is 4.74 Å². The highest BCUT2D eigenvalue weighted by atomic mass is 19.1. The topological polar surface area (TPSA) is 118 Å². The summed E-state index contributed by atoms with van der Waals surface area (Å²) in [6.45, 7) is 5.64. The fourth-order valence-corrected chi connectivity index (χ4v) is 4.48. The van der Waals surface area contributed by atoms with Crippen molar-refractivity contribution < 1.29 is 18.7 Å². The van der Waals surface area contributed by atoms with Crippen molar-refractivity contribution >= 4 is 28.8 Å². The lowest BCUT2D eigenvalue weighted by Crippen LogP contribution is -2.46. The Morgan fingerprint density at radius 3 is 2.33 bits per heavy atom. The molecule has 0 saturated carbocycles. The first kappa shape index (κ1) is 26.4. The standard InChI is InChI=1S/C29H27FN6O4/c1-29(2,3)36(28(38)39-4)21-9-6-8-20(16-21)35-26-24(25(31)32-17-33-26)34(27(35)37)19-11-13-22(14-12-19)40-23-10-5-7-18(30)15-23/h5-17H,1-4H3,(H2,31,32,33). The number of fused-ring (bicyclic) bond motifs is 1. The summed E-state index contributed by atoms with van der Waals surface area (Å²) in [6.07, 6.45) is 0.750. The lowest BCUT2D eigenvalue weighted by atomic mass is 10.1. The minimum atomic E-state index is -0.605. The highest BCUT2D eigenvalue weighted by molar-refractivity contribution is 5.90. The van der Waals surface area contributed by atoms with Crippen LogP contribution in [-0.4, -0.2) is 37.8 Å². The number of anilines is 2. The van der Waals surface area contributed by atoms with Gasteiger partial charge in [-0.05, 0) is 75.4 Å². The van der Waals surface area contributed by atoms with Crippen molar-refractivity contribution in [3.8, 4) is 22.9 Å². The van der Waals surface area contributed by atoms with Gasteiger partial charge in [0, 0.05) is 17.3 Å². The van der Waals surface area contributed by atoms with Gasteiger partial charge in [0.05, 0.1) is 18.5 Å². The van der Waals surface area contributed by atoms with Gasteiger partial charge in [-0.15, -0.1) is 0 Å². The number of carbonyl (C=O) groups is 1. The molecule has 0 unspecified atom stereocenters. The number of amides is 1. The highest BCUT2D eigenvalue weighted by Crippen LogP contribution is 2.29. The quantitative estimate of drug-likeness (QED) is 0.314. The molecule has 5 rings (SSSR count). The molecule has 0 aliphatic carbocycles. The summed E-state index contributed by atoms with van der Waals surface area (Å²) >= 11 is 0. The third kappa shape index (κ3) is 4.84. The maximum atomic E-state index is 13.9. The molecule has 3 aromatic carbocycles. The molecule has 0 aliphatic rings. The van der Waals surface area contributed by atoms with E-state index in [4.69, 9.17) is 15.2 Å². The summed E-state index contributed by atoms with van der Waals surface area (Å²) in [4.78, 5) is 36.6. The minimum absolute atomic E-state index is 0.114. The number of nitrogen functional groups attached to an aromatic ring is 1. The maximum absolute atomic E-state index is 13.9. The number of benzene rings is 3. The number of rotatable bonds is 5. The third-order valence-corrected chi connectivity index (χ3v) is 6.15. The van der Waals surface area contributed by atoms with Crippen LogP contribution >= 0.6 is 0 Å². The molecular formula is C29H27FN6O4. The van der Waals surface area contributed by atoms with Crippen molar-refractivity contribution in [1.29, 1.82) is 0 Å². The van der Waals surface area contributed by atoms with E-state index < -0.39 is 23.1 Å². The van der Waals surface area contributed by atoms with E-state index in [1.54, 1.807) is 60.7 Å². The Hall–Kier alpha value is -5.19.